The highest BCUT2D eigenvalue weighted by Crippen LogP contribution is 2.16. The molecular weight excluding hydrogens is 192 g/mol. The third-order valence-electron chi connectivity index (χ3n) is 2.34. The molecule has 0 aromatic carbocycles. The molecule has 0 bridgehead atoms. The molecule has 1 unspecified atom stereocenters. The van der Waals surface area contributed by atoms with Crippen LogP contribution in [0.5, 0.6) is 5.75 Å². The molecule has 15 heavy (non-hydrogen) atoms. The second-order valence-electron chi connectivity index (χ2n) is 3.62. The van der Waals surface area contributed by atoms with Crippen LogP contribution in [0.2, 0.25) is 0 Å². The molecule has 82 valence electrons. The molecule has 2 heterocycles. The first kappa shape index (κ1) is 10.4. The predicted molar refractivity (Wildman–Crippen MR) is 56.9 cm³/mol. The van der Waals surface area contributed by atoms with Gasteiger partial charge in [0.05, 0.1) is 18.9 Å². The van der Waals surface area contributed by atoms with E-state index in [-0.39, 0.29) is 6.10 Å². The maximum absolute atomic E-state index is 5.77. The summed E-state index contributed by atoms with van der Waals surface area (Å²) in [6.07, 6.45) is 2.96. The Morgan fingerprint density at radius 3 is 3.33 bits per heavy atom. The van der Waals surface area contributed by atoms with Gasteiger partial charge in [-0.15, -0.1) is 0 Å². The molecule has 4 nitrogen and oxygen atoms in total. The van der Waals surface area contributed by atoms with Crippen LogP contribution in [0.1, 0.15) is 12.1 Å². The standard InChI is InChI=1S/C11H16N2O2/c1-12-7-9-6-10(2-4-13-9)15-11-3-5-14-8-11/h2,4,6,11-12H,3,5,7-8H2,1H3. The fraction of sp³-hybridized carbons (Fsp3) is 0.545. The Morgan fingerprint density at radius 1 is 1.67 bits per heavy atom. The molecule has 0 radical (unpaired) electrons. The Hall–Kier alpha value is -1.13. The van der Waals surface area contributed by atoms with E-state index in [4.69, 9.17) is 9.47 Å². The zero-order valence-electron chi connectivity index (χ0n) is 8.90. The van der Waals surface area contributed by atoms with Crippen molar-refractivity contribution in [3.8, 4) is 5.75 Å². The first-order valence-electron chi connectivity index (χ1n) is 5.22. The first-order valence-corrected chi connectivity index (χ1v) is 5.22. The third-order valence-corrected chi connectivity index (χ3v) is 2.34. The zero-order valence-corrected chi connectivity index (χ0v) is 8.90. The number of nitrogens with one attached hydrogen (secondary N) is 1. The number of ether oxygens (including phenoxy) is 2. The summed E-state index contributed by atoms with van der Waals surface area (Å²) < 4.78 is 11.0. The normalized spacial score (nSPS) is 20.5. The molecule has 1 aliphatic rings. The van der Waals surface area contributed by atoms with Crippen molar-refractivity contribution in [1.82, 2.24) is 10.3 Å². The molecular formula is C11H16N2O2. The van der Waals surface area contributed by atoms with Crippen LogP contribution < -0.4 is 10.1 Å². The van der Waals surface area contributed by atoms with E-state index in [1.54, 1.807) is 6.20 Å². The monoisotopic (exact) mass is 208 g/mol. The van der Waals surface area contributed by atoms with Crippen molar-refractivity contribution < 1.29 is 9.47 Å². The van der Waals surface area contributed by atoms with Crippen LogP contribution >= 0.6 is 0 Å². The fourth-order valence-corrected chi connectivity index (χ4v) is 1.61. The van der Waals surface area contributed by atoms with Gasteiger partial charge in [0.1, 0.15) is 11.9 Å². The summed E-state index contributed by atoms with van der Waals surface area (Å²) in [6, 6.07) is 3.85. The minimum Gasteiger partial charge on any atom is -0.488 e. The van der Waals surface area contributed by atoms with Gasteiger partial charge in [-0.1, -0.05) is 0 Å². The lowest BCUT2D eigenvalue weighted by Crippen LogP contribution is -2.16. The highest BCUT2D eigenvalue weighted by molar-refractivity contribution is 5.22. The lowest BCUT2D eigenvalue weighted by molar-refractivity contribution is 0.141. The summed E-state index contributed by atoms with van der Waals surface area (Å²) in [6.45, 7) is 2.27. The van der Waals surface area contributed by atoms with Crippen molar-refractivity contribution >= 4 is 0 Å². The Labute approximate surface area is 89.6 Å². The fourth-order valence-electron chi connectivity index (χ4n) is 1.61. The van der Waals surface area contributed by atoms with Crippen molar-refractivity contribution in [3.05, 3.63) is 24.0 Å². The highest BCUT2D eigenvalue weighted by atomic mass is 16.5. The second-order valence-corrected chi connectivity index (χ2v) is 3.62. The topological polar surface area (TPSA) is 43.4 Å². The summed E-state index contributed by atoms with van der Waals surface area (Å²) in [5.41, 5.74) is 0.994. The average Bonchev–Trinajstić information content (AvgIpc) is 2.71. The summed E-state index contributed by atoms with van der Waals surface area (Å²) in [5.74, 6) is 0.880. The van der Waals surface area contributed by atoms with Crippen LogP contribution in [0.4, 0.5) is 0 Å². The van der Waals surface area contributed by atoms with Crippen LogP contribution in [0.25, 0.3) is 0 Å². The van der Waals surface area contributed by atoms with E-state index in [1.807, 2.05) is 19.2 Å². The smallest absolute Gasteiger partial charge is 0.124 e. The Balaban J connectivity index is 1.97. The second kappa shape index (κ2) is 5.09. The van der Waals surface area contributed by atoms with Crippen LogP contribution in [0.3, 0.4) is 0 Å². The molecule has 1 fully saturated rings. The van der Waals surface area contributed by atoms with Crippen molar-refractivity contribution in [3.63, 3.8) is 0 Å². The molecule has 0 saturated carbocycles. The minimum absolute atomic E-state index is 0.204. The molecule has 1 aromatic rings. The quantitative estimate of drug-likeness (QED) is 0.800. The van der Waals surface area contributed by atoms with E-state index in [9.17, 15) is 0 Å². The predicted octanol–water partition coefficient (Wildman–Crippen LogP) is 0.969. The molecule has 0 spiro atoms. The van der Waals surface area contributed by atoms with Crippen molar-refractivity contribution in [2.45, 2.75) is 19.1 Å². The van der Waals surface area contributed by atoms with E-state index >= 15 is 0 Å². The largest absolute Gasteiger partial charge is 0.488 e. The lowest BCUT2D eigenvalue weighted by Gasteiger charge is -2.12. The molecule has 0 aliphatic carbocycles. The Morgan fingerprint density at radius 2 is 2.60 bits per heavy atom. The highest BCUT2D eigenvalue weighted by Gasteiger charge is 2.17. The SMILES string of the molecule is CNCc1cc(OC2CCOC2)ccn1. The van der Waals surface area contributed by atoms with E-state index < -0.39 is 0 Å². The maximum atomic E-state index is 5.77. The number of aromatic nitrogens is 1. The van der Waals surface area contributed by atoms with Gasteiger partial charge in [0.15, 0.2) is 0 Å². The zero-order chi connectivity index (χ0) is 10.5. The molecule has 4 heteroatoms. The number of hydrogen-bond donors (Lipinski definition) is 1. The summed E-state index contributed by atoms with van der Waals surface area (Å²) in [7, 11) is 1.90. The van der Waals surface area contributed by atoms with Crippen molar-refractivity contribution in [2.75, 3.05) is 20.3 Å². The van der Waals surface area contributed by atoms with Gasteiger partial charge in [-0.3, -0.25) is 4.98 Å². The van der Waals surface area contributed by atoms with Gasteiger partial charge >= 0.3 is 0 Å². The molecule has 1 N–H and O–H groups in total. The molecule has 1 atom stereocenters. The van der Waals surface area contributed by atoms with Crippen LogP contribution in [0.15, 0.2) is 18.3 Å². The van der Waals surface area contributed by atoms with Gasteiger partial charge in [0.25, 0.3) is 0 Å². The van der Waals surface area contributed by atoms with Crippen LogP contribution in [0, 0.1) is 0 Å². The van der Waals surface area contributed by atoms with Gasteiger partial charge < -0.3 is 14.8 Å². The number of nitrogens with zero attached hydrogens (tertiary/aromatic N) is 1. The number of rotatable bonds is 4. The van der Waals surface area contributed by atoms with Crippen LogP contribution in [-0.4, -0.2) is 31.3 Å². The van der Waals surface area contributed by atoms with Gasteiger partial charge in [-0.05, 0) is 13.1 Å². The molecule has 2 rings (SSSR count). The molecule has 1 saturated heterocycles. The van der Waals surface area contributed by atoms with Crippen molar-refractivity contribution in [1.29, 1.82) is 0 Å². The van der Waals surface area contributed by atoms with E-state index in [1.165, 1.54) is 0 Å². The number of pyridine rings is 1. The lowest BCUT2D eigenvalue weighted by atomic mass is 10.3. The molecule has 0 amide bonds. The number of hydrogen-bond acceptors (Lipinski definition) is 4. The Kier molecular flexibility index (Phi) is 3.53. The van der Waals surface area contributed by atoms with E-state index in [0.29, 0.717) is 6.61 Å². The average molecular weight is 208 g/mol. The van der Waals surface area contributed by atoms with Crippen LogP contribution in [-0.2, 0) is 11.3 Å². The van der Waals surface area contributed by atoms with Gasteiger partial charge in [-0.25, -0.2) is 0 Å². The van der Waals surface area contributed by atoms with Crippen molar-refractivity contribution in [2.24, 2.45) is 0 Å². The molecule has 1 aromatic heterocycles. The van der Waals surface area contributed by atoms with E-state index in [2.05, 4.69) is 10.3 Å². The third kappa shape index (κ3) is 2.91. The Bertz CT molecular complexity index is 311. The van der Waals surface area contributed by atoms with Gasteiger partial charge in [-0.2, -0.15) is 0 Å². The van der Waals surface area contributed by atoms with Gasteiger partial charge in [0, 0.05) is 25.2 Å². The van der Waals surface area contributed by atoms with Gasteiger partial charge in [0.2, 0.25) is 0 Å². The maximum Gasteiger partial charge on any atom is 0.124 e. The molecule has 1 aliphatic heterocycles. The van der Waals surface area contributed by atoms with E-state index in [0.717, 1.165) is 31.0 Å². The first-order chi connectivity index (χ1) is 7.38. The summed E-state index contributed by atoms with van der Waals surface area (Å²) in [4.78, 5) is 4.23. The summed E-state index contributed by atoms with van der Waals surface area (Å²) in [5, 5.41) is 3.06. The minimum atomic E-state index is 0.204. The summed E-state index contributed by atoms with van der Waals surface area (Å²) >= 11 is 0.